The highest BCUT2D eigenvalue weighted by Gasteiger charge is 2.35. The number of likely N-dealkylation sites (N-methyl/N-ethyl adjacent to an activating group) is 1. The second-order valence-corrected chi connectivity index (χ2v) is 4.35. The molecular formula is C14H13F4NO. The maximum absolute atomic E-state index is 13.3. The first-order chi connectivity index (χ1) is 9.41. The molecule has 0 saturated carbocycles. The molecule has 0 aliphatic rings. The van der Waals surface area contributed by atoms with Crippen LogP contribution in [0.15, 0.2) is 41.0 Å². The number of furan rings is 1. The van der Waals surface area contributed by atoms with Crippen molar-refractivity contribution in [2.24, 2.45) is 0 Å². The minimum atomic E-state index is -4.53. The zero-order valence-electron chi connectivity index (χ0n) is 10.7. The van der Waals surface area contributed by atoms with Crippen LogP contribution in [0.2, 0.25) is 0 Å². The molecule has 1 aromatic carbocycles. The fourth-order valence-electron chi connectivity index (χ4n) is 2.08. The molecule has 2 aromatic rings. The highest BCUT2D eigenvalue weighted by molar-refractivity contribution is 5.33. The number of rotatable bonds is 4. The van der Waals surface area contributed by atoms with Crippen molar-refractivity contribution in [1.29, 1.82) is 0 Å². The second kappa shape index (κ2) is 5.66. The smallest absolute Gasteiger partial charge is 0.416 e. The molecule has 0 spiro atoms. The Labute approximate surface area is 113 Å². The van der Waals surface area contributed by atoms with E-state index >= 15 is 0 Å². The van der Waals surface area contributed by atoms with E-state index in [-0.39, 0.29) is 12.0 Å². The first-order valence-electron chi connectivity index (χ1n) is 5.98. The molecule has 1 unspecified atom stereocenters. The third-order valence-corrected chi connectivity index (χ3v) is 3.03. The number of nitrogens with one attached hydrogen (secondary N) is 1. The van der Waals surface area contributed by atoms with E-state index in [9.17, 15) is 17.6 Å². The van der Waals surface area contributed by atoms with Gasteiger partial charge < -0.3 is 9.73 Å². The van der Waals surface area contributed by atoms with Crippen molar-refractivity contribution in [1.82, 2.24) is 5.32 Å². The molecule has 0 aliphatic heterocycles. The van der Waals surface area contributed by atoms with Gasteiger partial charge in [0.25, 0.3) is 0 Å². The second-order valence-electron chi connectivity index (χ2n) is 4.35. The number of hydrogen-bond donors (Lipinski definition) is 1. The summed E-state index contributed by atoms with van der Waals surface area (Å²) in [5, 5.41) is 2.77. The van der Waals surface area contributed by atoms with Gasteiger partial charge in [-0.15, -0.1) is 0 Å². The van der Waals surface area contributed by atoms with Crippen LogP contribution in [-0.2, 0) is 12.6 Å². The zero-order valence-corrected chi connectivity index (χ0v) is 10.7. The molecule has 1 N–H and O–H groups in total. The highest BCUT2D eigenvalue weighted by atomic mass is 19.4. The van der Waals surface area contributed by atoms with Crippen LogP contribution in [-0.4, -0.2) is 7.05 Å². The molecule has 0 amide bonds. The van der Waals surface area contributed by atoms with E-state index in [0.717, 1.165) is 18.2 Å². The van der Waals surface area contributed by atoms with E-state index in [4.69, 9.17) is 4.42 Å². The molecule has 20 heavy (non-hydrogen) atoms. The van der Waals surface area contributed by atoms with Crippen molar-refractivity contribution in [2.75, 3.05) is 7.05 Å². The summed E-state index contributed by atoms with van der Waals surface area (Å²) in [7, 11) is 1.53. The fraction of sp³-hybridized carbons (Fsp3) is 0.286. The first-order valence-corrected chi connectivity index (χ1v) is 5.98. The van der Waals surface area contributed by atoms with Gasteiger partial charge in [0.2, 0.25) is 0 Å². The van der Waals surface area contributed by atoms with Crippen molar-refractivity contribution in [3.05, 3.63) is 59.3 Å². The van der Waals surface area contributed by atoms with Gasteiger partial charge in [0.15, 0.2) is 0 Å². The summed E-state index contributed by atoms with van der Waals surface area (Å²) >= 11 is 0. The van der Waals surface area contributed by atoms with E-state index in [1.807, 2.05) is 0 Å². The number of benzene rings is 1. The molecule has 2 rings (SSSR count). The highest BCUT2D eigenvalue weighted by Crippen LogP contribution is 2.35. The summed E-state index contributed by atoms with van der Waals surface area (Å²) in [6.07, 6.45) is -2.88. The van der Waals surface area contributed by atoms with Crippen molar-refractivity contribution in [3.63, 3.8) is 0 Å². The Morgan fingerprint density at radius 3 is 2.55 bits per heavy atom. The Morgan fingerprint density at radius 2 is 2.00 bits per heavy atom. The van der Waals surface area contributed by atoms with Crippen LogP contribution in [0, 0.1) is 5.82 Å². The predicted octanol–water partition coefficient (Wildman–Crippen LogP) is 3.94. The lowest BCUT2D eigenvalue weighted by Crippen LogP contribution is -2.23. The van der Waals surface area contributed by atoms with Gasteiger partial charge in [-0.25, -0.2) is 4.39 Å². The van der Waals surface area contributed by atoms with Crippen LogP contribution >= 0.6 is 0 Å². The topological polar surface area (TPSA) is 25.2 Å². The van der Waals surface area contributed by atoms with Crippen molar-refractivity contribution >= 4 is 0 Å². The maximum atomic E-state index is 13.3. The molecule has 0 saturated heterocycles. The zero-order chi connectivity index (χ0) is 14.8. The van der Waals surface area contributed by atoms with E-state index in [1.54, 1.807) is 12.1 Å². The number of halogens is 4. The third kappa shape index (κ3) is 3.19. The van der Waals surface area contributed by atoms with Crippen LogP contribution in [0.4, 0.5) is 17.6 Å². The molecule has 1 atom stereocenters. The molecule has 6 heteroatoms. The van der Waals surface area contributed by atoms with Crippen molar-refractivity contribution < 1.29 is 22.0 Å². The van der Waals surface area contributed by atoms with E-state index in [2.05, 4.69) is 5.32 Å². The Kier molecular flexibility index (Phi) is 4.13. The summed E-state index contributed by atoms with van der Waals surface area (Å²) < 4.78 is 57.4. The van der Waals surface area contributed by atoms with Crippen LogP contribution in [0.5, 0.6) is 0 Å². The molecule has 2 nitrogen and oxygen atoms in total. The van der Waals surface area contributed by atoms with Gasteiger partial charge in [-0.1, -0.05) is 0 Å². The number of alkyl halides is 3. The van der Waals surface area contributed by atoms with Crippen LogP contribution in [0.25, 0.3) is 0 Å². The summed E-state index contributed by atoms with van der Waals surface area (Å²) in [6.45, 7) is 0. The summed E-state index contributed by atoms with van der Waals surface area (Å²) in [4.78, 5) is 0. The first kappa shape index (κ1) is 14.6. The minimum absolute atomic E-state index is 0.128. The summed E-state index contributed by atoms with van der Waals surface area (Å²) in [5.74, 6) is -0.172. The molecule has 1 heterocycles. The molecule has 0 radical (unpaired) electrons. The Hall–Kier alpha value is -1.82. The summed E-state index contributed by atoms with van der Waals surface area (Å²) in [6, 6.07) is 5.11. The van der Waals surface area contributed by atoms with E-state index < -0.39 is 23.6 Å². The van der Waals surface area contributed by atoms with Gasteiger partial charge in [-0.3, -0.25) is 0 Å². The number of hydrogen-bond acceptors (Lipinski definition) is 2. The van der Waals surface area contributed by atoms with Crippen LogP contribution in [0.1, 0.15) is 22.9 Å². The van der Waals surface area contributed by atoms with Crippen molar-refractivity contribution in [2.45, 2.75) is 18.6 Å². The third-order valence-electron chi connectivity index (χ3n) is 3.03. The fourth-order valence-corrected chi connectivity index (χ4v) is 2.08. The average Bonchev–Trinajstić information content (AvgIpc) is 2.87. The summed E-state index contributed by atoms with van der Waals surface area (Å²) in [5.41, 5.74) is -0.971. The average molecular weight is 287 g/mol. The van der Waals surface area contributed by atoms with Gasteiger partial charge >= 0.3 is 6.18 Å². The normalized spacial score (nSPS) is 13.4. The quantitative estimate of drug-likeness (QED) is 0.862. The largest absolute Gasteiger partial charge is 0.469 e. The molecule has 0 bridgehead atoms. The lowest BCUT2D eigenvalue weighted by Gasteiger charge is -2.20. The van der Waals surface area contributed by atoms with Crippen molar-refractivity contribution in [3.8, 4) is 0 Å². The Bertz CT molecular complexity index is 563. The lowest BCUT2D eigenvalue weighted by atomic mass is 9.96. The van der Waals surface area contributed by atoms with Crippen LogP contribution in [0.3, 0.4) is 0 Å². The Balaban J connectivity index is 2.40. The van der Waals surface area contributed by atoms with E-state index in [0.29, 0.717) is 5.76 Å². The van der Waals surface area contributed by atoms with Gasteiger partial charge in [0.05, 0.1) is 11.8 Å². The molecule has 0 fully saturated rings. The SMILES string of the molecule is CNC(Cc1ccco1)c1cc(F)ccc1C(F)(F)F. The van der Waals surface area contributed by atoms with Crippen LogP contribution < -0.4 is 5.32 Å². The monoisotopic (exact) mass is 287 g/mol. The standard InChI is InChI=1S/C14H13F4NO/c1-19-13(8-10-3-2-6-20-10)11-7-9(15)4-5-12(11)14(16,17)18/h2-7,13,19H,8H2,1H3. The molecular weight excluding hydrogens is 274 g/mol. The maximum Gasteiger partial charge on any atom is 0.416 e. The minimum Gasteiger partial charge on any atom is -0.469 e. The van der Waals surface area contributed by atoms with E-state index in [1.165, 1.54) is 13.3 Å². The van der Waals surface area contributed by atoms with Gasteiger partial charge in [0, 0.05) is 12.5 Å². The molecule has 1 aromatic heterocycles. The molecule has 108 valence electrons. The van der Waals surface area contributed by atoms with Gasteiger partial charge in [0.1, 0.15) is 11.6 Å². The van der Waals surface area contributed by atoms with Gasteiger partial charge in [-0.05, 0) is 42.9 Å². The predicted molar refractivity (Wildman–Crippen MR) is 65.6 cm³/mol. The Morgan fingerprint density at radius 1 is 1.25 bits per heavy atom. The lowest BCUT2D eigenvalue weighted by molar-refractivity contribution is -0.138. The van der Waals surface area contributed by atoms with Gasteiger partial charge in [-0.2, -0.15) is 13.2 Å². The molecule has 0 aliphatic carbocycles.